The van der Waals surface area contributed by atoms with E-state index in [9.17, 15) is 9.59 Å². The van der Waals surface area contributed by atoms with Gasteiger partial charge in [-0.15, -0.1) is 0 Å². The number of amides is 2. The van der Waals surface area contributed by atoms with E-state index in [1.807, 2.05) is 12.1 Å². The number of carbonyl (C=O) groups is 2. The molecule has 4 N–H and O–H groups in total. The zero-order valence-electron chi connectivity index (χ0n) is 14.8. The molecule has 136 valence electrons. The molecular formula is C21H25N3O2. The number of nitrogens with two attached hydrogens (primary N) is 1. The Bertz CT molecular complexity index is 748. The molecule has 0 radical (unpaired) electrons. The molecule has 2 aromatic rings. The third kappa shape index (κ3) is 4.70. The highest BCUT2D eigenvalue weighted by Crippen LogP contribution is 2.18. The molecule has 0 atom stereocenters. The van der Waals surface area contributed by atoms with Gasteiger partial charge in [-0.1, -0.05) is 31.4 Å². The van der Waals surface area contributed by atoms with E-state index in [4.69, 9.17) is 5.73 Å². The summed E-state index contributed by atoms with van der Waals surface area (Å²) in [5.41, 5.74) is 8.39. The number of hydrogen-bond acceptors (Lipinski definition) is 3. The second kappa shape index (κ2) is 8.63. The minimum absolute atomic E-state index is 0.0489. The van der Waals surface area contributed by atoms with Crippen LogP contribution in [0.2, 0.25) is 0 Å². The van der Waals surface area contributed by atoms with Crippen LogP contribution in [-0.2, 0) is 6.54 Å². The maximum atomic E-state index is 12.3. The van der Waals surface area contributed by atoms with Gasteiger partial charge in [-0.2, -0.15) is 0 Å². The fraction of sp³-hybridized carbons (Fsp3) is 0.333. The summed E-state index contributed by atoms with van der Waals surface area (Å²) in [5.74, 6) is -0.236. The van der Waals surface area contributed by atoms with E-state index in [2.05, 4.69) is 10.6 Å². The van der Waals surface area contributed by atoms with Gasteiger partial charge >= 0.3 is 0 Å². The second-order valence-corrected chi connectivity index (χ2v) is 6.74. The molecule has 2 amide bonds. The quantitative estimate of drug-likeness (QED) is 0.771. The van der Waals surface area contributed by atoms with Gasteiger partial charge < -0.3 is 16.4 Å². The van der Waals surface area contributed by atoms with Gasteiger partial charge in [0.15, 0.2) is 0 Å². The van der Waals surface area contributed by atoms with Crippen molar-refractivity contribution in [3.8, 4) is 0 Å². The van der Waals surface area contributed by atoms with Crippen molar-refractivity contribution in [2.45, 2.75) is 44.7 Å². The predicted octanol–water partition coefficient (Wildman–Crippen LogP) is 3.46. The summed E-state index contributed by atoms with van der Waals surface area (Å²) in [6, 6.07) is 14.5. The average molecular weight is 351 g/mol. The molecular weight excluding hydrogens is 326 g/mol. The Labute approximate surface area is 154 Å². The van der Waals surface area contributed by atoms with E-state index in [0.717, 1.165) is 18.4 Å². The molecule has 1 fully saturated rings. The van der Waals surface area contributed by atoms with Crippen LogP contribution < -0.4 is 16.4 Å². The van der Waals surface area contributed by atoms with Gasteiger partial charge in [-0.3, -0.25) is 9.59 Å². The summed E-state index contributed by atoms with van der Waals surface area (Å²) in [7, 11) is 0. The van der Waals surface area contributed by atoms with E-state index in [1.165, 1.54) is 19.3 Å². The van der Waals surface area contributed by atoms with E-state index >= 15 is 0 Å². The maximum absolute atomic E-state index is 12.3. The summed E-state index contributed by atoms with van der Waals surface area (Å²) in [6.07, 6.45) is 5.74. The molecule has 3 rings (SSSR count). The highest BCUT2D eigenvalue weighted by Gasteiger charge is 2.16. The minimum atomic E-state index is -0.187. The fourth-order valence-corrected chi connectivity index (χ4v) is 3.22. The van der Waals surface area contributed by atoms with Crippen molar-refractivity contribution in [2.75, 3.05) is 5.32 Å². The van der Waals surface area contributed by atoms with Crippen LogP contribution in [0, 0.1) is 0 Å². The monoisotopic (exact) mass is 351 g/mol. The minimum Gasteiger partial charge on any atom is -0.349 e. The van der Waals surface area contributed by atoms with E-state index < -0.39 is 0 Å². The van der Waals surface area contributed by atoms with Crippen molar-refractivity contribution in [1.82, 2.24) is 5.32 Å². The number of nitrogens with one attached hydrogen (secondary N) is 2. The van der Waals surface area contributed by atoms with Crippen molar-refractivity contribution >= 4 is 17.5 Å². The molecule has 0 heterocycles. The Morgan fingerprint density at radius 2 is 1.42 bits per heavy atom. The third-order valence-electron chi connectivity index (χ3n) is 4.80. The zero-order valence-corrected chi connectivity index (χ0v) is 14.8. The van der Waals surface area contributed by atoms with Crippen LogP contribution in [0.5, 0.6) is 0 Å². The molecule has 2 aromatic carbocycles. The van der Waals surface area contributed by atoms with Crippen molar-refractivity contribution in [1.29, 1.82) is 0 Å². The zero-order chi connectivity index (χ0) is 18.4. The van der Waals surface area contributed by atoms with E-state index in [0.29, 0.717) is 23.4 Å². The highest BCUT2D eigenvalue weighted by atomic mass is 16.2. The summed E-state index contributed by atoms with van der Waals surface area (Å²) in [6.45, 7) is 0.451. The Morgan fingerprint density at radius 1 is 0.846 bits per heavy atom. The number of hydrogen-bond donors (Lipinski definition) is 3. The van der Waals surface area contributed by atoms with Gasteiger partial charge in [0.05, 0.1) is 0 Å². The lowest BCUT2D eigenvalue weighted by Crippen LogP contribution is -2.36. The summed E-state index contributed by atoms with van der Waals surface area (Å²) < 4.78 is 0. The van der Waals surface area contributed by atoms with Crippen LogP contribution in [0.1, 0.15) is 58.4 Å². The molecule has 0 spiro atoms. The van der Waals surface area contributed by atoms with Crippen molar-refractivity contribution in [3.05, 3.63) is 65.2 Å². The first-order valence-electron chi connectivity index (χ1n) is 9.17. The Hall–Kier alpha value is -2.66. The first-order chi connectivity index (χ1) is 12.7. The summed E-state index contributed by atoms with van der Waals surface area (Å²) >= 11 is 0. The molecule has 5 heteroatoms. The average Bonchev–Trinajstić information content (AvgIpc) is 2.69. The molecule has 0 saturated heterocycles. The van der Waals surface area contributed by atoms with Crippen LogP contribution >= 0.6 is 0 Å². The lowest BCUT2D eigenvalue weighted by molar-refractivity contribution is 0.0927. The molecule has 0 aromatic heterocycles. The Balaban J connectivity index is 1.57. The topological polar surface area (TPSA) is 84.2 Å². The largest absolute Gasteiger partial charge is 0.349 e. The standard InChI is InChI=1S/C21H25N3O2/c22-14-15-6-8-16(9-7-15)20(25)24-19-12-10-17(11-13-19)21(26)23-18-4-2-1-3-5-18/h6-13,18H,1-5,14,22H2,(H,23,26)(H,24,25). The van der Waals surface area contributed by atoms with E-state index in [-0.39, 0.29) is 17.9 Å². The third-order valence-corrected chi connectivity index (χ3v) is 4.80. The number of rotatable bonds is 5. The fourth-order valence-electron chi connectivity index (χ4n) is 3.22. The van der Waals surface area contributed by atoms with Crippen molar-refractivity contribution in [3.63, 3.8) is 0 Å². The molecule has 1 aliphatic carbocycles. The first kappa shape index (κ1) is 18.1. The SMILES string of the molecule is NCc1ccc(C(=O)Nc2ccc(C(=O)NC3CCCCC3)cc2)cc1. The van der Waals surface area contributed by atoms with Crippen LogP contribution in [0.25, 0.3) is 0 Å². The molecule has 0 bridgehead atoms. The van der Waals surface area contributed by atoms with Crippen LogP contribution in [-0.4, -0.2) is 17.9 Å². The Morgan fingerprint density at radius 3 is 2.04 bits per heavy atom. The van der Waals surface area contributed by atoms with Gasteiger partial charge in [-0.25, -0.2) is 0 Å². The van der Waals surface area contributed by atoms with E-state index in [1.54, 1.807) is 36.4 Å². The van der Waals surface area contributed by atoms with Gasteiger partial charge in [-0.05, 0) is 54.8 Å². The van der Waals surface area contributed by atoms with Crippen LogP contribution in [0.15, 0.2) is 48.5 Å². The van der Waals surface area contributed by atoms with Gasteiger partial charge in [0.25, 0.3) is 11.8 Å². The second-order valence-electron chi connectivity index (χ2n) is 6.74. The summed E-state index contributed by atoms with van der Waals surface area (Å²) in [4.78, 5) is 24.6. The van der Waals surface area contributed by atoms with Crippen LogP contribution in [0.3, 0.4) is 0 Å². The smallest absolute Gasteiger partial charge is 0.255 e. The molecule has 1 saturated carbocycles. The molecule has 0 unspecified atom stereocenters. The normalized spacial score (nSPS) is 14.7. The first-order valence-corrected chi connectivity index (χ1v) is 9.17. The van der Waals surface area contributed by atoms with Gasteiger partial charge in [0, 0.05) is 29.4 Å². The molecule has 1 aliphatic rings. The lowest BCUT2D eigenvalue weighted by atomic mass is 9.95. The van der Waals surface area contributed by atoms with Crippen molar-refractivity contribution < 1.29 is 9.59 Å². The van der Waals surface area contributed by atoms with Gasteiger partial charge in [0.2, 0.25) is 0 Å². The number of carbonyl (C=O) groups excluding carboxylic acids is 2. The Kier molecular flexibility index (Phi) is 6.02. The number of anilines is 1. The highest BCUT2D eigenvalue weighted by molar-refractivity contribution is 6.04. The van der Waals surface area contributed by atoms with Crippen LogP contribution in [0.4, 0.5) is 5.69 Å². The number of benzene rings is 2. The lowest BCUT2D eigenvalue weighted by Gasteiger charge is -2.22. The summed E-state index contributed by atoms with van der Waals surface area (Å²) in [5, 5.41) is 5.94. The molecule has 5 nitrogen and oxygen atoms in total. The predicted molar refractivity (Wildman–Crippen MR) is 103 cm³/mol. The molecule has 0 aliphatic heterocycles. The molecule has 26 heavy (non-hydrogen) atoms. The van der Waals surface area contributed by atoms with Crippen molar-refractivity contribution in [2.24, 2.45) is 5.73 Å². The maximum Gasteiger partial charge on any atom is 0.255 e. The van der Waals surface area contributed by atoms with Gasteiger partial charge in [0.1, 0.15) is 0 Å².